The van der Waals surface area contributed by atoms with E-state index in [-0.39, 0.29) is 10.5 Å². The lowest BCUT2D eigenvalue weighted by atomic mass is 10.1. The highest BCUT2D eigenvalue weighted by atomic mass is 32.2. The van der Waals surface area contributed by atoms with Gasteiger partial charge in [-0.3, -0.25) is 0 Å². The number of sulfonamides is 1. The predicted octanol–water partition coefficient (Wildman–Crippen LogP) is 1.43. The van der Waals surface area contributed by atoms with Crippen LogP contribution in [0.3, 0.4) is 0 Å². The Balaban J connectivity index is 3.29. The average molecular weight is 332 g/mol. The average Bonchev–Trinajstić information content (AvgIpc) is 2.43. The lowest BCUT2D eigenvalue weighted by Crippen LogP contribution is -2.25. The van der Waals surface area contributed by atoms with Gasteiger partial charge in [-0.1, -0.05) is 0 Å². The Morgan fingerprint density at radius 3 is 2.38 bits per heavy atom. The van der Waals surface area contributed by atoms with Crippen molar-refractivity contribution in [1.82, 2.24) is 4.31 Å². The third-order valence-electron chi connectivity index (χ3n) is 3.02. The number of hydrogen-bond acceptors (Lipinski definition) is 5. The fourth-order valence-corrected chi connectivity index (χ4v) is 3.12. The Morgan fingerprint density at radius 2 is 1.90 bits per heavy atom. The molecule has 0 bridgehead atoms. The molecule has 0 saturated carbocycles. The molecule has 0 aliphatic heterocycles. The van der Waals surface area contributed by atoms with E-state index in [4.69, 9.17) is 0 Å². The molecule has 1 rings (SSSR count). The summed E-state index contributed by atoms with van der Waals surface area (Å²) in [5, 5.41) is 9.33. The molecular formula is C13H20N2O4S2. The van der Waals surface area contributed by atoms with E-state index in [1.54, 1.807) is 24.9 Å². The molecule has 0 heterocycles. The highest BCUT2D eigenvalue weighted by Crippen LogP contribution is 2.25. The van der Waals surface area contributed by atoms with E-state index in [9.17, 15) is 18.3 Å². The number of thioether (sulfide) groups is 1. The fourth-order valence-electron chi connectivity index (χ4n) is 1.74. The quantitative estimate of drug-likeness (QED) is 0.814. The molecular weight excluding hydrogens is 312 g/mol. The van der Waals surface area contributed by atoms with E-state index in [0.717, 1.165) is 10.1 Å². The molecule has 1 aromatic carbocycles. The van der Waals surface area contributed by atoms with Crippen molar-refractivity contribution in [3.63, 3.8) is 0 Å². The summed E-state index contributed by atoms with van der Waals surface area (Å²) in [6.45, 7) is 0.682. The van der Waals surface area contributed by atoms with Crippen LogP contribution in [0.25, 0.3) is 0 Å². The Labute approximate surface area is 129 Å². The van der Waals surface area contributed by atoms with Crippen LogP contribution in [-0.4, -0.2) is 63.5 Å². The molecule has 0 fully saturated rings. The largest absolute Gasteiger partial charge is 0.478 e. The molecule has 118 valence electrons. The van der Waals surface area contributed by atoms with Crippen LogP contribution in [0.1, 0.15) is 10.4 Å². The van der Waals surface area contributed by atoms with Crippen LogP contribution in [0, 0.1) is 0 Å². The summed E-state index contributed by atoms with van der Waals surface area (Å²) in [5.41, 5.74) is 0.496. The molecule has 0 unspecified atom stereocenters. The van der Waals surface area contributed by atoms with E-state index in [0.29, 0.717) is 12.2 Å². The van der Waals surface area contributed by atoms with Gasteiger partial charge in [-0.25, -0.2) is 17.5 Å². The zero-order chi connectivity index (χ0) is 16.2. The van der Waals surface area contributed by atoms with Crippen molar-refractivity contribution in [1.29, 1.82) is 0 Å². The zero-order valence-electron chi connectivity index (χ0n) is 12.5. The van der Waals surface area contributed by atoms with Crippen molar-refractivity contribution in [2.24, 2.45) is 0 Å². The van der Waals surface area contributed by atoms with Gasteiger partial charge in [0.05, 0.1) is 16.1 Å². The molecule has 0 spiro atoms. The second kappa shape index (κ2) is 7.15. The van der Waals surface area contributed by atoms with Gasteiger partial charge in [0.2, 0.25) is 10.0 Å². The zero-order valence-corrected chi connectivity index (χ0v) is 14.2. The Hall–Kier alpha value is -1.25. The second-order valence-corrected chi connectivity index (χ2v) is 7.82. The van der Waals surface area contributed by atoms with Gasteiger partial charge in [-0.05, 0) is 24.5 Å². The van der Waals surface area contributed by atoms with Crippen molar-refractivity contribution >= 4 is 33.4 Å². The fraction of sp³-hybridized carbons (Fsp3) is 0.462. The van der Waals surface area contributed by atoms with Crippen molar-refractivity contribution in [3.8, 4) is 0 Å². The molecule has 1 aromatic rings. The molecule has 0 saturated heterocycles. The van der Waals surface area contributed by atoms with Crippen molar-refractivity contribution in [2.75, 3.05) is 44.6 Å². The van der Waals surface area contributed by atoms with Crippen LogP contribution in [0.2, 0.25) is 0 Å². The van der Waals surface area contributed by atoms with Crippen molar-refractivity contribution < 1.29 is 18.3 Å². The Bertz CT molecular complexity index is 615. The van der Waals surface area contributed by atoms with Crippen LogP contribution in [-0.2, 0) is 10.0 Å². The first-order valence-electron chi connectivity index (χ1n) is 6.21. The van der Waals surface area contributed by atoms with Gasteiger partial charge in [-0.15, -0.1) is 0 Å². The second-order valence-electron chi connectivity index (χ2n) is 4.69. The van der Waals surface area contributed by atoms with Gasteiger partial charge in [0.25, 0.3) is 0 Å². The third kappa shape index (κ3) is 4.12. The van der Waals surface area contributed by atoms with Crippen LogP contribution in [0.4, 0.5) is 5.69 Å². The van der Waals surface area contributed by atoms with Gasteiger partial charge in [0, 0.05) is 33.4 Å². The van der Waals surface area contributed by atoms with Gasteiger partial charge < -0.3 is 10.0 Å². The molecule has 6 nitrogen and oxygen atoms in total. The summed E-state index contributed by atoms with van der Waals surface area (Å²) in [7, 11) is 0.967. The highest BCUT2D eigenvalue weighted by Gasteiger charge is 2.22. The number of carboxylic acids is 1. The predicted molar refractivity (Wildman–Crippen MR) is 85.9 cm³/mol. The van der Waals surface area contributed by atoms with Gasteiger partial charge in [0.1, 0.15) is 0 Å². The minimum atomic E-state index is -3.64. The lowest BCUT2D eigenvalue weighted by Gasteiger charge is -2.22. The van der Waals surface area contributed by atoms with Gasteiger partial charge in [-0.2, -0.15) is 11.8 Å². The maximum absolute atomic E-state index is 12.1. The van der Waals surface area contributed by atoms with Crippen molar-refractivity contribution in [2.45, 2.75) is 4.90 Å². The van der Waals surface area contributed by atoms with E-state index in [2.05, 4.69) is 0 Å². The van der Waals surface area contributed by atoms with E-state index >= 15 is 0 Å². The monoisotopic (exact) mass is 332 g/mol. The minimum Gasteiger partial charge on any atom is -0.478 e. The molecule has 8 heteroatoms. The highest BCUT2D eigenvalue weighted by molar-refractivity contribution is 7.98. The first-order valence-corrected chi connectivity index (χ1v) is 9.05. The van der Waals surface area contributed by atoms with Crippen LogP contribution >= 0.6 is 11.8 Å². The molecule has 0 aliphatic rings. The number of nitrogens with zero attached hydrogens (tertiary/aromatic N) is 2. The molecule has 0 aromatic heterocycles. The number of benzene rings is 1. The van der Waals surface area contributed by atoms with E-state index in [1.807, 2.05) is 11.2 Å². The smallest absolute Gasteiger partial charge is 0.337 e. The number of anilines is 1. The van der Waals surface area contributed by atoms with E-state index in [1.165, 1.54) is 26.2 Å². The summed E-state index contributed by atoms with van der Waals surface area (Å²) in [5.74, 6) is -0.287. The maximum Gasteiger partial charge on any atom is 0.337 e. The number of aromatic carboxylic acids is 1. The summed E-state index contributed by atoms with van der Waals surface area (Å²) in [6, 6.07) is 4.19. The molecule has 0 radical (unpaired) electrons. The van der Waals surface area contributed by atoms with Crippen molar-refractivity contribution in [3.05, 3.63) is 23.8 Å². The molecule has 0 atom stereocenters. The third-order valence-corrected chi connectivity index (χ3v) is 5.42. The Morgan fingerprint density at radius 1 is 1.29 bits per heavy atom. The SMILES string of the molecule is CSCCN(C)c1ccc(S(=O)(=O)N(C)C)cc1C(=O)O. The number of carboxylic acid groups (broad SMARTS) is 1. The first-order chi connectivity index (χ1) is 9.71. The number of carbonyl (C=O) groups is 1. The van der Waals surface area contributed by atoms with Gasteiger partial charge >= 0.3 is 5.97 Å². The summed E-state index contributed by atoms with van der Waals surface area (Å²) < 4.78 is 25.2. The first kappa shape index (κ1) is 17.8. The van der Waals surface area contributed by atoms with Gasteiger partial charge in [0.15, 0.2) is 0 Å². The van der Waals surface area contributed by atoms with Crippen LogP contribution < -0.4 is 4.90 Å². The summed E-state index contributed by atoms with van der Waals surface area (Å²) in [4.78, 5) is 13.2. The summed E-state index contributed by atoms with van der Waals surface area (Å²) in [6.07, 6.45) is 1.97. The number of hydrogen-bond donors (Lipinski definition) is 1. The normalized spacial score (nSPS) is 11.7. The lowest BCUT2D eigenvalue weighted by molar-refractivity contribution is 0.0697. The molecule has 0 aliphatic carbocycles. The topological polar surface area (TPSA) is 77.9 Å². The van der Waals surface area contributed by atoms with E-state index < -0.39 is 16.0 Å². The maximum atomic E-state index is 12.1. The molecule has 21 heavy (non-hydrogen) atoms. The molecule has 0 amide bonds. The van der Waals surface area contributed by atoms with Crippen LogP contribution in [0.15, 0.2) is 23.1 Å². The molecule has 1 N–H and O–H groups in total. The Kier molecular flexibility index (Phi) is 6.06. The minimum absolute atomic E-state index is 0.0125. The number of rotatable bonds is 7. The summed E-state index contributed by atoms with van der Waals surface area (Å²) >= 11 is 1.66. The van der Waals surface area contributed by atoms with Crippen LogP contribution in [0.5, 0.6) is 0 Å². The standard InChI is InChI=1S/C13H20N2O4S2/c1-14(2)21(18,19)10-5-6-12(11(9-10)13(16)17)15(3)7-8-20-4/h5-6,9H,7-8H2,1-4H3,(H,16,17).